The number of amides is 1. The van der Waals surface area contributed by atoms with Gasteiger partial charge in [0.2, 0.25) is 0 Å². The highest BCUT2D eigenvalue weighted by Gasteiger charge is 2.07. The predicted molar refractivity (Wildman–Crippen MR) is 115 cm³/mol. The van der Waals surface area contributed by atoms with Gasteiger partial charge in [0.15, 0.2) is 6.61 Å². The van der Waals surface area contributed by atoms with Crippen molar-refractivity contribution in [3.63, 3.8) is 0 Å². The van der Waals surface area contributed by atoms with Gasteiger partial charge in [-0.05, 0) is 55.8 Å². The summed E-state index contributed by atoms with van der Waals surface area (Å²) in [5.41, 5.74) is 5.18. The fraction of sp³-hybridized carbons (Fsp3) is 0.174. The van der Waals surface area contributed by atoms with E-state index < -0.39 is 0 Å². The van der Waals surface area contributed by atoms with Crippen LogP contribution >= 0.6 is 11.6 Å². The Morgan fingerprint density at radius 2 is 1.50 bits per heavy atom. The monoisotopic (exact) mass is 394 g/mol. The van der Waals surface area contributed by atoms with E-state index in [2.05, 4.69) is 29.7 Å². The number of hydrogen-bond acceptors (Lipinski definition) is 3. The molecule has 2 N–H and O–H groups in total. The number of hydrogen-bond donors (Lipinski definition) is 2. The Kier molecular flexibility index (Phi) is 6.56. The number of anilines is 2. The van der Waals surface area contributed by atoms with Crippen LogP contribution in [-0.2, 0) is 11.3 Å². The van der Waals surface area contributed by atoms with E-state index in [4.69, 9.17) is 16.3 Å². The summed E-state index contributed by atoms with van der Waals surface area (Å²) < 4.78 is 5.56. The van der Waals surface area contributed by atoms with Crippen LogP contribution in [0.2, 0.25) is 5.02 Å². The molecule has 0 spiro atoms. The number of nitrogens with one attached hydrogen (secondary N) is 2. The molecule has 144 valence electrons. The number of ether oxygens (including phenoxy) is 1. The van der Waals surface area contributed by atoms with E-state index in [-0.39, 0.29) is 12.5 Å². The second-order valence-electron chi connectivity index (χ2n) is 6.69. The zero-order valence-electron chi connectivity index (χ0n) is 16.0. The Hall–Kier alpha value is -2.98. The van der Waals surface area contributed by atoms with Gasteiger partial charge in [-0.2, -0.15) is 0 Å². The molecule has 0 aliphatic rings. The molecule has 1 amide bonds. The van der Waals surface area contributed by atoms with Crippen molar-refractivity contribution in [2.45, 2.75) is 20.4 Å². The smallest absolute Gasteiger partial charge is 0.262 e. The lowest BCUT2D eigenvalue weighted by Gasteiger charge is -2.11. The number of rotatable bonds is 7. The quantitative estimate of drug-likeness (QED) is 0.549. The van der Waals surface area contributed by atoms with E-state index in [1.54, 1.807) is 6.07 Å². The van der Waals surface area contributed by atoms with E-state index in [9.17, 15) is 4.79 Å². The van der Waals surface area contributed by atoms with Gasteiger partial charge in [-0.3, -0.25) is 4.79 Å². The summed E-state index contributed by atoms with van der Waals surface area (Å²) in [6.07, 6.45) is 0. The molecule has 0 heterocycles. The highest BCUT2D eigenvalue weighted by Crippen LogP contribution is 2.26. The summed E-state index contributed by atoms with van der Waals surface area (Å²) in [6.45, 7) is 4.60. The van der Waals surface area contributed by atoms with E-state index in [1.807, 2.05) is 55.5 Å². The number of halogens is 1. The molecule has 0 aromatic heterocycles. The van der Waals surface area contributed by atoms with Crippen LogP contribution in [0.4, 0.5) is 11.4 Å². The van der Waals surface area contributed by atoms with Gasteiger partial charge < -0.3 is 15.4 Å². The molecule has 0 aliphatic carbocycles. The fourth-order valence-electron chi connectivity index (χ4n) is 2.62. The predicted octanol–water partition coefficient (Wildman–Crippen LogP) is 5.59. The second-order valence-corrected chi connectivity index (χ2v) is 7.09. The van der Waals surface area contributed by atoms with Crippen molar-refractivity contribution in [3.05, 3.63) is 88.4 Å². The first-order valence-electron chi connectivity index (χ1n) is 9.08. The molecule has 0 saturated heterocycles. The first kappa shape index (κ1) is 19.8. The largest absolute Gasteiger partial charge is 0.482 e. The molecule has 0 aliphatic heterocycles. The average Bonchev–Trinajstić information content (AvgIpc) is 2.68. The molecule has 0 unspecified atom stereocenters. The molecule has 5 heteroatoms. The Labute approximate surface area is 170 Å². The minimum atomic E-state index is -0.231. The minimum Gasteiger partial charge on any atom is -0.482 e. The van der Waals surface area contributed by atoms with Crippen molar-refractivity contribution in [3.8, 4) is 5.75 Å². The minimum absolute atomic E-state index is 0.103. The highest BCUT2D eigenvalue weighted by atomic mass is 35.5. The molecule has 28 heavy (non-hydrogen) atoms. The van der Waals surface area contributed by atoms with Gasteiger partial charge >= 0.3 is 0 Å². The van der Waals surface area contributed by atoms with Gasteiger partial charge in [0.25, 0.3) is 5.91 Å². The molecule has 0 atom stereocenters. The molecule has 3 aromatic carbocycles. The van der Waals surface area contributed by atoms with Gasteiger partial charge in [0.05, 0.1) is 5.02 Å². The average molecular weight is 395 g/mol. The molecule has 0 bridgehead atoms. The Morgan fingerprint density at radius 3 is 2.11 bits per heavy atom. The van der Waals surface area contributed by atoms with Crippen LogP contribution in [0.5, 0.6) is 5.75 Å². The number of carbonyl (C=O) groups excluding carboxylic acids is 1. The summed E-state index contributed by atoms with van der Waals surface area (Å²) in [5.74, 6) is 0.254. The molecular weight excluding hydrogens is 372 g/mol. The van der Waals surface area contributed by atoms with Crippen molar-refractivity contribution >= 4 is 28.9 Å². The van der Waals surface area contributed by atoms with Crippen LogP contribution in [0, 0.1) is 13.8 Å². The Morgan fingerprint density at radius 1 is 0.893 bits per heavy atom. The molecule has 3 aromatic rings. The second kappa shape index (κ2) is 9.29. The maximum absolute atomic E-state index is 12.0. The molecule has 0 saturated carbocycles. The van der Waals surface area contributed by atoms with Crippen molar-refractivity contribution in [1.82, 2.24) is 0 Å². The molecule has 3 rings (SSSR count). The highest BCUT2D eigenvalue weighted by molar-refractivity contribution is 6.32. The van der Waals surface area contributed by atoms with E-state index >= 15 is 0 Å². The summed E-state index contributed by atoms with van der Waals surface area (Å²) in [4.78, 5) is 12.0. The number of aryl methyl sites for hydroxylation is 2. The zero-order valence-corrected chi connectivity index (χ0v) is 16.7. The van der Waals surface area contributed by atoms with Crippen molar-refractivity contribution in [2.24, 2.45) is 0 Å². The first-order valence-corrected chi connectivity index (χ1v) is 9.46. The maximum Gasteiger partial charge on any atom is 0.262 e. The topological polar surface area (TPSA) is 50.4 Å². The van der Waals surface area contributed by atoms with Gasteiger partial charge in [0.1, 0.15) is 5.75 Å². The van der Waals surface area contributed by atoms with Gasteiger partial charge in [0, 0.05) is 17.9 Å². The molecular formula is C23H23ClN2O2. The van der Waals surface area contributed by atoms with E-state index in [1.165, 1.54) is 5.56 Å². The molecule has 0 fully saturated rings. The van der Waals surface area contributed by atoms with Gasteiger partial charge in [-0.25, -0.2) is 0 Å². The van der Waals surface area contributed by atoms with Gasteiger partial charge in [-0.15, -0.1) is 0 Å². The Bertz CT molecular complexity index is 938. The van der Waals surface area contributed by atoms with Crippen LogP contribution in [0.25, 0.3) is 0 Å². The standard InChI is InChI=1S/C23H23ClN2O2/c1-16-3-8-19(9-4-16)25-14-18-7-12-22(21(24)13-18)28-15-23(27)26-20-10-5-17(2)6-11-20/h3-13,25H,14-15H2,1-2H3,(H,26,27). The van der Waals surface area contributed by atoms with Crippen molar-refractivity contribution in [1.29, 1.82) is 0 Å². The van der Waals surface area contributed by atoms with Crippen molar-refractivity contribution < 1.29 is 9.53 Å². The zero-order chi connectivity index (χ0) is 19.9. The first-order chi connectivity index (χ1) is 13.5. The van der Waals surface area contributed by atoms with Crippen LogP contribution in [-0.4, -0.2) is 12.5 Å². The van der Waals surface area contributed by atoms with Gasteiger partial charge in [-0.1, -0.05) is 53.1 Å². The maximum atomic E-state index is 12.0. The summed E-state index contributed by atoms with van der Waals surface area (Å²) >= 11 is 6.31. The van der Waals surface area contributed by atoms with Crippen LogP contribution in [0.15, 0.2) is 66.7 Å². The van der Waals surface area contributed by atoms with E-state index in [0.29, 0.717) is 17.3 Å². The lowest BCUT2D eigenvalue weighted by Crippen LogP contribution is -2.20. The molecule has 0 radical (unpaired) electrons. The van der Waals surface area contributed by atoms with E-state index in [0.717, 1.165) is 22.5 Å². The van der Waals surface area contributed by atoms with Crippen LogP contribution in [0.1, 0.15) is 16.7 Å². The Balaban J connectivity index is 1.51. The summed E-state index contributed by atoms with van der Waals surface area (Å²) in [6, 6.07) is 21.4. The molecule has 4 nitrogen and oxygen atoms in total. The number of carbonyl (C=O) groups is 1. The summed E-state index contributed by atoms with van der Waals surface area (Å²) in [5, 5.41) is 6.63. The summed E-state index contributed by atoms with van der Waals surface area (Å²) in [7, 11) is 0. The third-order valence-electron chi connectivity index (χ3n) is 4.24. The fourth-order valence-corrected chi connectivity index (χ4v) is 2.88. The third-order valence-corrected chi connectivity index (χ3v) is 4.53. The number of benzene rings is 3. The van der Waals surface area contributed by atoms with Crippen LogP contribution in [0.3, 0.4) is 0 Å². The van der Waals surface area contributed by atoms with Crippen molar-refractivity contribution in [2.75, 3.05) is 17.2 Å². The SMILES string of the molecule is Cc1ccc(NCc2ccc(OCC(=O)Nc3ccc(C)cc3)c(Cl)c2)cc1. The lowest BCUT2D eigenvalue weighted by molar-refractivity contribution is -0.118. The normalized spacial score (nSPS) is 10.4. The third kappa shape index (κ3) is 5.76. The van der Waals surface area contributed by atoms with Crippen LogP contribution < -0.4 is 15.4 Å². The lowest BCUT2D eigenvalue weighted by atomic mass is 10.2.